The van der Waals surface area contributed by atoms with Gasteiger partial charge in [0.1, 0.15) is 5.03 Å². The van der Waals surface area contributed by atoms with Gasteiger partial charge < -0.3 is 5.73 Å². The molecule has 0 saturated heterocycles. The van der Waals surface area contributed by atoms with Crippen molar-refractivity contribution in [2.45, 2.75) is 17.7 Å². The van der Waals surface area contributed by atoms with Crippen LogP contribution in [0.2, 0.25) is 5.02 Å². The molecule has 0 amide bonds. The van der Waals surface area contributed by atoms with Crippen LogP contribution < -0.4 is 5.73 Å². The number of anilines is 1. The number of thioether (sulfide) groups is 1. The first kappa shape index (κ1) is 12.2. The fourth-order valence-corrected chi connectivity index (χ4v) is 2.51. The molecule has 2 rings (SSSR count). The zero-order chi connectivity index (χ0) is 12.3. The number of hydrogen-bond acceptors (Lipinski definition) is 4. The highest BCUT2D eigenvalue weighted by Gasteiger charge is 2.05. The number of nitrogens with zero attached hydrogens (tertiary/aromatic N) is 2. The maximum absolute atomic E-state index is 5.99. The van der Waals surface area contributed by atoms with Gasteiger partial charge in [0.25, 0.3) is 0 Å². The molecule has 1 aromatic heterocycles. The zero-order valence-corrected chi connectivity index (χ0v) is 10.9. The summed E-state index contributed by atoms with van der Waals surface area (Å²) in [5.41, 5.74) is 8.01. The molecule has 2 N–H and O–H groups in total. The van der Waals surface area contributed by atoms with Crippen LogP contribution in [0, 0.1) is 6.92 Å². The number of benzene rings is 1. The van der Waals surface area contributed by atoms with E-state index >= 15 is 0 Å². The van der Waals surface area contributed by atoms with E-state index in [0.29, 0.717) is 5.02 Å². The number of halogens is 1. The van der Waals surface area contributed by atoms with Crippen LogP contribution in [0.5, 0.6) is 0 Å². The Morgan fingerprint density at radius 1 is 1.41 bits per heavy atom. The summed E-state index contributed by atoms with van der Waals surface area (Å²) in [7, 11) is 0. The highest BCUT2D eigenvalue weighted by atomic mass is 35.5. The second-order valence-corrected chi connectivity index (χ2v) is 5.03. The largest absolute Gasteiger partial charge is 0.368 e. The van der Waals surface area contributed by atoms with E-state index in [2.05, 4.69) is 35.1 Å². The third kappa shape index (κ3) is 3.35. The Balaban J connectivity index is 2.09. The van der Waals surface area contributed by atoms with Crippen molar-refractivity contribution < 1.29 is 0 Å². The lowest BCUT2D eigenvalue weighted by Gasteiger charge is -2.04. The van der Waals surface area contributed by atoms with Crippen LogP contribution in [0.4, 0.5) is 5.95 Å². The van der Waals surface area contributed by atoms with Crippen molar-refractivity contribution in [2.24, 2.45) is 0 Å². The molecule has 17 heavy (non-hydrogen) atoms. The molecule has 0 unspecified atom stereocenters. The maximum atomic E-state index is 5.99. The van der Waals surface area contributed by atoms with Gasteiger partial charge in [0, 0.05) is 5.75 Å². The standard InChI is InChI=1S/C12H12ClN3S/c1-8-3-2-4-9(5-8)7-17-11-10(13)6-15-12(14)16-11/h2-6H,7H2,1H3,(H2,14,15,16). The third-order valence-electron chi connectivity index (χ3n) is 2.19. The van der Waals surface area contributed by atoms with Crippen molar-refractivity contribution in [1.29, 1.82) is 0 Å². The number of hydrogen-bond donors (Lipinski definition) is 1. The number of aryl methyl sites for hydroxylation is 1. The molecule has 1 aromatic carbocycles. The molecular formula is C12H12ClN3S. The van der Waals surface area contributed by atoms with Crippen molar-refractivity contribution in [3.05, 3.63) is 46.6 Å². The third-order valence-corrected chi connectivity index (χ3v) is 3.64. The predicted molar refractivity (Wildman–Crippen MR) is 72.2 cm³/mol. The normalized spacial score (nSPS) is 10.5. The van der Waals surface area contributed by atoms with Crippen LogP contribution in [-0.2, 0) is 5.75 Å². The average molecular weight is 266 g/mol. The Labute approximate surface area is 109 Å². The summed E-state index contributed by atoms with van der Waals surface area (Å²) in [4.78, 5) is 7.94. The molecule has 0 aliphatic heterocycles. The summed E-state index contributed by atoms with van der Waals surface area (Å²) in [5.74, 6) is 1.07. The minimum atomic E-state index is 0.251. The Hall–Kier alpha value is -1.26. The van der Waals surface area contributed by atoms with E-state index in [-0.39, 0.29) is 5.95 Å². The average Bonchev–Trinajstić information content (AvgIpc) is 2.30. The molecule has 0 bridgehead atoms. The Kier molecular flexibility index (Phi) is 3.86. The van der Waals surface area contributed by atoms with Gasteiger partial charge in [-0.15, -0.1) is 0 Å². The van der Waals surface area contributed by atoms with Crippen molar-refractivity contribution in [3.63, 3.8) is 0 Å². The minimum Gasteiger partial charge on any atom is -0.368 e. The number of aromatic nitrogens is 2. The summed E-state index contributed by atoms with van der Waals surface area (Å²) >= 11 is 7.55. The highest BCUT2D eigenvalue weighted by molar-refractivity contribution is 7.98. The fraction of sp³-hybridized carbons (Fsp3) is 0.167. The lowest BCUT2D eigenvalue weighted by Crippen LogP contribution is -1.95. The van der Waals surface area contributed by atoms with E-state index < -0.39 is 0 Å². The Morgan fingerprint density at radius 2 is 2.24 bits per heavy atom. The van der Waals surface area contributed by atoms with E-state index in [1.807, 2.05) is 6.07 Å². The molecule has 0 aliphatic carbocycles. The molecule has 0 fully saturated rings. The van der Waals surface area contributed by atoms with E-state index in [9.17, 15) is 0 Å². The van der Waals surface area contributed by atoms with Gasteiger partial charge in [0.15, 0.2) is 0 Å². The van der Waals surface area contributed by atoms with Gasteiger partial charge in [-0.2, -0.15) is 0 Å². The van der Waals surface area contributed by atoms with E-state index in [4.69, 9.17) is 17.3 Å². The SMILES string of the molecule is Cc1cccc(CSc2nc(N)ncc2Cl)c1. The number of rotatable bonds is 3. The van der Waals surface area contributed by atoms with Gasteiger partial charge in [0.05, 0.1) is 11.2 Å². The summed E-state index contributed by atoms with van der Waals surface area (Å²) in [6.07, 6.45) is 1.53. The smallest absolute Gasteiger partial charge is 0.221 e. The number of nitrogen functional groups attached to an aromatic ring is 1. The lowest BCUT2D eigenvalue weighted by molar-refractivity contribution is 1.06. The van der Waals surface area contributed by atoms with Gasteiger partial charge >= 0.3 is 0 Å². The van der Waals surface area contributed by atoms with Gasteiger partial charge in [-0.25, -0.2) is 9.97 Å². The van der Waals surface area contributed by atoms with Gasteiger partial charge in [-0.1, -0.05) is 53.2 Å². The van der Waals surface area contributed by atoms with Crippen LogP contribution in [0.15, 0.2) is 35.5 Å². The summed E-state index contributed by atoms with van der Waals surface area (Å²) < 4.78 is 0. The first-order chi connectivity index (χ1) is 8.15. The van der Waals surface area contributed by atoms with Crippen LogP contribution in [0.3, 0.4) is 0 Å². The molecule has 1 heterocycles. The lowest BCUT2D eigenvalue weighted by atomic mass is 10.2. The molecule has 88 valence electrons. The highest BCUT2D eigenvalue weighted by Crippen LogP contribution is 2.27. The van der Waals surface area contributed by atoms with Crippen LogP contribution in [0.1, 0.15) is 11.1 Å². The van der Waals surface area contributed by atoms with Crippen molar-refractivity contribution in [2.75, 3.05) is 5.73 Å². The topological polar surface area (TPSA) is 51.8 Å². The van der Waals surface area contributed by atoms with Crippen molar-refractivity contribution >= 4 is 29.3 Å². The van der Waals surface area contributed by atoms with E-state index in [0.717, 1.165) is 10.8 Å². The van der Waals surface area contributed by atoms with Gasteiger partial charge in [0.2, 0.25) is 5.95 Å². The molecule has 2 aromatic rings. The van der Waals surface area contributed by atoms with Gasteiger partial charge in [-0.05, 0) is 12.5 Å². The monoisotopic (exact) mass is 265 g/mol. The van der Waals surface area contributed by atoms with Crippen LogP contribution >= 0.6 is 23.4 Å². The fourth-order valence-electron chi connectivity index (χ4n) is 1.42. The van der Waals surface area contributed by atoms with Crippen LogP contribution in [0.25, 0.3) is 0 Å². The molecule has 5 heteroatoms. The predicted octanol–water partition coefficient (Wildman–Crippen LogP) is 3.31. The van der Waals surface area contributed by atoms with Crippen molar-refractivity contribution in [1.82, 2.24) is 9.97 Å². The zero-order valence-electron chi connectivity index (χ0n) is 9.35. The quantitative estimate of drug-likeness (QED) is 0.683. The molecule has 3 nitrogen and oxygen atoms in total. The maximum Gasteiger partial charge on any atom is 0.221 e. The second-order valence-electron chi connectivity index (χ2n) is 3.66. The van der Waals surface area contributed by atoms with Crippen molar-refractivity contribution in [3.8, 4) is 0 Å². The summed E-state index contributed by atoms with van der Waals surface area (Å²) in [6, 6.07) is 8.34. The van der Waals surface area contributed by atoms with E-state index in [1.54, 1.807) is 11.8 Å². The second kappa shape index (κ2) is 5.38. The first-order valence-electron chi connectivity index (χ1n) is 5.11. The molecule has 0 radical (unpaired) electrons. The molecular weight excluding hydrogens is 254 g/mol. The molecule has 0 atom stereocenters. The molecule has 0 saturated carbocycles. The molecule has 0 spiro atoms. The molecule has 0 aliphatic rings. The Bertz CT molecular complexity index is 531. The first-order valence-corrected chi connectivity index (χ1v) is 6.48. The van der Waals surface area contributed by atoms with Crippen LogP contribution in [-0.4, -0.2) is 9.97 Å². The van der Waals surface area contributed by atoms with Gasteiger partial charge in [-0.3, -0.25) is 0 Å². The Morgan fingerprint density at radius 3 is 3.00 bits per heavy atom. The summed E-state index contributed by atoms with van der Waals surface area (Å²) in [5, 5.41) is 1.26. The number of nitrogens with two attached hydrogens (primary N) is 1. The summed E-state index contributed by atoms with van der Waals surface area (Å²) in [6.45, 7) is 2.07. The minimum absolute atomic E-state index is 0.251. The van der Waals surface area contributed by atoms with E-state index in [1.165, 1.54) is 17.3 Å².